The second kappa shape index (κ2) is 5.44. The summed E-state index contributed by atoms with van der Waals surface area (Å²) in [5, 5.41) is 12.2. The Hall–Kier alpha value is -1.18. The molecule has 2 unspecified atom stereocenters. The Morgan fingerprint density at radius 3 is 2.95 bits per heavy atom. The zero-order valence-corrected chi connectivity index (χ0v) is 11.9. The molecule has 0 amide bonds. The fraction of sp³-hybridized carbons (Fsp3) is 0.583. The van der Waals surface area contributed by atoms with Crippen LogP contribution in [0.15, 0.2) is 23.2 Å². The SMILES string of the molecule is CNc1ncccc1S(=O)(=O)N1CCC(C)C1CO. The standard InChI is InChI=1S/C12H19N3O3S/c1-9-5-7-15(10(9)8-16)19(17,18)11-4-3-6-14-12(11)13-2/h3-4,6,9-10,16H,5,7-8H2,1-2H3,(H,13,14). The van der Waals surface area contributed by atoms with Crippen LogP contribution in [-0.4, -0.2) is 49.1 Å². The van der Waals surface area contributed by atoms with Crippen molar-refractivity contribution in [1.29, 1.82) is 0 Å². The highest BCUT2D eigenvalue weighted by molar-refractivity contribution is 7.89. The van der Waals surface area contributed by atoms with Crippen molar-refractivity contribution in [3.8, 4) is 0 Å². The first-order chi connectivity index (χ1) is 9.02. The number of anilines is 1. The summed E-state index contributed by atoms with van der Waals surface area (Å²) in [6.07, 6.45) is 2.31. The first kappa shape index (κ1) is 14.2. The third-order valence-electron chi connectivity index (χ3n) is 3.61. The Balaban J connectivity index is 2.43. The Bertz CT molecular complexity index is 547. The average molecular weight is 285 g/mol. The van der Waals surface area contributed by atoms with Gasteiger partial charge in [0.25, 0.3) is 0 Å². The third-order valence-corrected chi connectivity index (χ3v) is 5.57. The van der Waals surface area contributed by atoms with Gasteiger partial charge in [0.05, 0.1) is 12.6 Å². The van der Waals surface area contributed by atoms with Gasteiger partial charge in [0, 0.05) is 19.8 Å². The van der Waals surface area contributed by atoms with Crippen LogP contribution in [0.1, 0.15) is 13.3 Å². The maximum Gasteiger partial charge on any atom is 0.247 e. The van der Waals surface area contributed by atoms with E-state index in [2.05, 4.69) is 10.3 Å². The summed E-state index contributed by atoms with van der Waals surface area (Å²) in [6.45, 7) is 2.24. The van der Waals surface area contributed by atoms with Crippen LogP contribution in [0.4, 0.5) is 5.82 Å². The maximum absolute atomic E-state index is 12.7. The number of hydrogen-bond donors (Lipinski definition) is 2. The largest absolute Gasteiger partial charge is 0.395 e. The van der Waals surface area contributed by atoms with Crippen LogP contribution < -0.4 is 5.32 Å². The van der Waals surface area contributed by atoms with E-state index in [0.717, 1.165) is 6.42 Å². The number of rotatable bonds is 4. The van der Waals surface area contributed by atoms with Crippen LogP contribution in [0, 0.1) is 5.92 Å². The van der Waals surface area contributed by atoms with E-state index < -0.39 is 10.0 Å². The molecule has 2 rings (SSSR count). The number of pyridine rings is 1. The van der Waals surface area contributed by atoms with E-state index in [1.165, 1.54) is 10.4 Å². The van der Waals surface area contributed by atoms with Crippen LogP contribution in [-0.2, 0) is 10.0 Å². The van der Waals surface area contributed by atoms with Gasteiger partial charge < -0.3 is 10.4 Å². The first-order valence-corrected chi connectivity index (χ1v) is 7.72. The summed E-state index contributed by atoms with van der Waals surface area (Å²) >= 11 is 0. The van der Waals surface area contributed by atoms with Gasteiger partial charge in [-0.3, -0.25) is 0 Å². The fourth-order valence-corrected chi connectivity index (χ4v) is 4.33. The molecule has 106 valence electrons. The molecule has 0 spiro atoms. The average Bonchev–Trinajstić information content (AvgIpc) is 2.80. The highest BCUT2D eigenvalue weighted by Crippen LogP contribution is 2.31. The molecule has 2 heterocycles. The minimum Gasteiger partial charge on any atom is -0.395 e. The molecule has 0 aromatic carbocycles. The Labute approximate surface area is 113 Å². The zero-order valence-electron chi connectivity index (χ0n) is 11.1. The van der Waals surface area contributed by atoms with E-state index in [4.69, 9.17) is 0 Å². The molecule has 1 saturated heterocycles. The number of aliphatic hydroxyl groups excluding tert-OH is 1. The highest BCUT2D eigenvalue weighted by Gasteiger charge is 2.40. The predicted molar refractivity (Wildman–Crippen MR) is 72.3 cm³/mol. The van der Waals surface area contributed by atoms with Crippen molar-refractivity contribution in [3.63, 3.8) is 0 Å². The van der Waals surface area contributed by atoms with Gasteiger partial charge in [-0.2, -0.15) is 4.31 Å². The monoisotopic (exact) mass is 285 g/mol. The lowest BCUT2D eigenvalue weighted by atomic mass is 10.0. The molecule has 7 heteroatoms. The highest BCUT2D eigenvalue weighted by atomic mass is 32.2. The molecule has 0 bridgehead atoms. The summed E-state index contributed by atoms with van der Waals surface area (Å²) in [5.41, 5.74) is 0. The number of nitrogens with one attached hydrogen (secondary N) is 1. The summed E-state index contributed by atoms with van der Waals surface area (Å²) in [6, 6.07) is 2.78. The van der Waals surface area contributed by atoms with Crippen molar-refractivity contribution < 1.29 is 13.5 Å². The normalized spacial score (nSPS) is 24.6. The maximum atomic E-state index is 12.7. The van der Waals surface area contributed by atoms with Crippen LogP contribution in [0.5, 0.6) is 0 Å². The molecule has 2 atom stereocenters. The first-order valence-electron chi connectivity index (χ1n) is 6.28. The number of hydrogen-bond acceptors (Lipinski definition) is 5. The van der Waals surface area contributed by atoms with Gasteiger partial charge in [0.1, 0.15) is 10.7 Å². The van der Waals surface area contributed by atoms with Crippen molar-refractivity contribution in [2.24, 2.45) is 5.92 Å². The molecule has 0 radical (unpaired) electrons. The Morgan fingerprint density at radius 1 is 1.58 bits per heavy atom. The summed E-state index contributed by atoms with van der Waals surface area (Å²) in [5.74, 6) is 0.494. The summed E-state index contributed by atoms with van der Waals surface area (Å²) < 4.78 is 26.7. The fourth-order valence-electron chi connectivity index (χ4n) is 2.46. The second-order valence-corrected chi connectivity index (χ2v) is 6.59. The summed E-state index contributed by atoms with van der Waals surface area (Å²) in [7, 11) is -1.99. The predicted octanol–water partition coefficient (Wildman–Crippen LogP) is 0.515. The van der Waals surface area contributed by atoms with Crippen molar-refractivity contribution >= 4 is 15.8 Å². The van der Waals surface area contributed by atoms with Crippen LogP contribution in [0.25, 0.3) is 0 Å². The van der Waals surface area contributed by atoms with Gasteiger partial charge >= 0.3 is 0 Å². The minimum absolute atomic E-state index is 0.157. The second-order valence-electron chi connectivity index (χ2n) is 4.73. The lowest BCUT2D eigenvalue weighted by Gasteiger charge is -2.25. The van der Waals surface area contributed by atoms with Crippen molar-refractivity contribution in [2.45, 2.75) is 24.3 Å². The number of sulfonamides is 1. The molecule has 1 aromatic rings. The van der Waals surface area contributed by atoms with Crippen molar-refractivity contribution in [3.05, 3.63) is 18.3 Å². The van der Waals surface area contributed by atoms with Crippen molar-refractivity contribution in [1.82, 2.24) is 9.29 Å². The Kier molecular flexibility index (Phi) is 4.07. The number of aromatic nitrogens is 1. The molecule has 6 nitrogen and oxygen atoms in total. The molecule has 2 N–H and O–H groups in total. The lowest BCUT2D eigenvalue weighted by molar-refractivity contribution is 0.191. The van der Waals surface area contributed by atoms with E-state index in [0.29, 0.717) is 12.4 Å². The van der Waals surface area contributed by atoms with Crippen LogP contribution >= 0.6 is 0 Å². The van der Waals surface area contributed by atoms with E-state index in [-0.39, 0.29) is 23.5 Å². The molecule has 1 fully saturated rings. The molecule has 0 saturated carbocycles. The third kappa shape index (κ3) is 2.45. The topological polar surface area (TPSA) is 82.5 Å². The van der Waals surface area contributed by atoms with Gasteiger partial charge in [-0.1, -0.05) is 6.92 Å². The molecule has 1 aromatic heterocycles. The zero-order chi connectivity index (χ0) is 14.0. The molecule has 1 aliphatic rings. The van der Waals surface area contributed by atoms with E-state index in [1.807, 2.05) is 6.92 Å². The van der Waals surface area contributed by atoms with Gasteiger partial charge in [0.2, 0.25) is 10.0 Å². The summed E-state index contributed by atoms with van der Waals surface area (Å²) in [4.78, 5) is 4.18. The number of aliphatic hydroxyl groups is 1. The molecule has 0 aliphatic carbocycles. The van der Waals surface area contributed by atoms with E-state index >= 15 is 0 Å². The van der Waals surface area contributed by atoms with Crippen LogP contribution in [0.2, 0.25) is 0 Å². The molecular weight excluding hydrogens is 266 g/mol. The quantitative estimate of drug-likeness (QED) is 0.842. The van der Waals surface area contributed by atoms with Gasteiger partial charge in [0.15, 0.2) is 0 Å². The van der Waals surface area contributed by atoms with Crippen molar-refractivity contribution in [2.75, 3.05) is 25.5 Å². The van der Waals surface area contributed by atoms with Gasteiger partial charge in [-0.15, -0.1) is 0 Å². The molecular formula is C12H19N3O3S. The van der Waals surface area contributed by atoms with E-state index in [1.54, 1.807) is 19.3 Å². The lowest BCUT2D eigenvalue weighted by Crippen LogP contribution is -2.40. The smallest absolute Gasteiger partial charge is 0.247 e. The minimum atomic E-state index is -3.63. The van der Waals surface area contributed by atoms with Gasteiger partial charge in [-0.25, -0.2) is 13.4 Å². The van der Waals surface area contributed by atoms with E-state index in [9.17, 15) is 13.5 Å². The van der Waals surface area contributed by atoms with Crippen LogP contribution in [0.3, 0.4) is 0 Å². The van der Waals surface area contributed by atoms with Gasteiger partial charge in [-0.05, 0) is 24.5 Å². The number of nitrogens with zero attached hydrogens (tertiary/aromatic N) is 2. The molecule has 1 aliphatic heterocycles. The Morgan fingerprint density at radius 2 is 2.32 bits per heavy atom. The molecule has 19 heavy (non-hydrogen) atoms.